The first-order chi connectivity index (χ1) is 16.6. The van der Waals surface area contributed by atoms with E-state index < -0.39 is 0 Å². The molecule has 5 rings (SSSR count). The molecule has 6 nitrogen and oxygen atoms in total. The van der Waals surface area contributed by atoms with Gasteiger partial charge in [-0.3, -0.25) is 0 Å². The van der Waals surface area contributed by atoms with Gasteiger partial charge in [0.05, 0.1) is 18.8 Å². The summed E-state index contributed by atoms with van der Waals surface area (Å²) in [6.45, 7) is 4.89. The minimum atomic E-state index is -0.193. The van der Waals surface area contributed by atoms with Crippen LogP contribution in [0.2, 0.25) is 0 Å². The van der Waals surface area contributed by atoms with Gasteiger partial charge in [-0.25, -0.2) is 4.79 Å². The van der Waals surface area contributed by atoms with Crippen LogP contribution in [0.25, 0.3) is 0 Å². The van der Waals surface area contributed by atoms with Gasteiger partial charge < -0.3 is 24.2 Å². The number of benzene rings is 2. The molecule has 2 heterocycles. The number of fused-ring (bicyclic) bond motifs is 5. The highest BCUT2D eigenvalue weighted by molar-refractivity contribution is 5.70. The van der Waals surface area contributed by atoms with Crippen LogP contribution in [0.4, 0.5) is 10.5 Å². The molecule has 2 aromatic rings. The summed E-state index contributed by atoms with van der Waals surface area (Å²) in [4.78, 5) is 19.6. The molecule has 2 saturated heterocycles. The van der Waals surface area contributed by atoms with E-state index in [2.05, 4.69) is 42.1 Å². The van der Waals surface area contributed by atoms with E-state index in [4.69, 9.17) is 9.47 Å². The number of amides is 1. The van der Waals surface area contributed by atoms with E-state index in [-0.39, 0.29) is 12.1 Å². The van der Waals surface area contributed by atoms with Crippen molar-refractivity contribution in [2.75, 3.05) is 51.8 Å². The van der Waals surface area contributed by atoms with Crippen LogP contribution >= 0.6 is 0 Å². The second kappa shape index (κ2) is 10.4. The summed E-state index contributed by atoms with van der Waals surface area (Å²) in [5, 5.41) is 0. The number of likely N-dealkylation sites (N-methyl/N-ethyl adjacent to an activating group) is 1. The van der Waals surface area contributed by atoms with E-state index in [1.807, 2.05) is 35.2 Å². The summed E-state index contributed by atoms with van der Waals surface area (Å²) in [6.07, 6.45) is 4.32. The van der Waals surface area contributed by atoms with Gasteiger partial charge in [-0.1, -0.05) is 36.4 Å². The monoisotopic (exact) mass is 463 g/mol. The fourth-order valence-corrected chi connectivity index (χ4v) is 5.67. The Hall–Kier alpha value is -2.57. The number of hydrogen-bond acceptors (Lipinski definition) is 5. The molecule has 2 aliphatic heterocycles. The lowest BCUT2D eigenvalue weighted by Gasteiger charge is -2.35. The third-order valence-electron chi connectivity index (χ3n) is 7.61. The van der Waals surface area contributed by atoms with Crippen molar-refractivity contribution in [3.63, 3.8) is 0 Å². The maximum atomic E-state index is 13.0. The summed E-state index contributed by atoms with van der Waals surface area (Å²) < 4.78 is 11.8. The van der Waals surface area contributed by atoms with Crippen molar-refractivity contribution < 1.29 is 14.3 Å². The number of ether oxygens (including phenoxy) is 2. The average Bonchev–Trinajstić information content (AvgIpc) is 3.14. The lowest BCUT2D eigenvalue weighted by atomic mass is 9.95. The van der Waals surface area contributed by atoms with Crippen LogP contribution in [0.15, 0.2) is 48.5 Å². The van der Waals surface area contributed by atoms with Gasteiger partial charge in [0, 0.05) is 31.9 Å². The van der Waals surface area contributed by atoms with E-state index in [0.29, 0.717) is 18.6 Å². The molecular weight excluding hydrogens is 426 g/mol. The first-order valence-corrected chi connectivity index (χ1v) is 12.7. The molecule has 1 amide bonds. The van der Waals surface area contributed by atoms with Crippen molar-refractivity contribution in [2.24, 2.45) is 0 Å². The minimum Gasteiger partial charge on any atom is -0.445 e. The molecule has 2 fully saturated rings. The molecule has 0 N–H and O–H groups in total. The Bertz CT molecular complexity index is 972. The minimum absolute atomic E-state index is 0.129. The zero-order chi connectivity index (χ0) is 23.5. The number of piperidine rings is 2. The topological polar surface area (TPSA) is 45.2 Å². The maximum absolute atomic E-state index is 13.0. The second-order valence-electron chi connectivity index (χ2n) is 10.1. The van der Waals surface area contributed by atoms with Crippen LogP contribution in [0.1, 0.15) is 54.3 Å². The molecule has 6 heteroatoms. The molecule has 2 bridgehead atoms. The molecule has 3 aliphatic rings. The molecule has 1 aliphatic carbocycles. The molecular formula is C28H37N3O3. The Morgan fingerprint density at radius 2 is 1.79 bits per heavy atom. The molecule has 0 aromatic heterocycles. The Kier molecular flexibility index (Phi) is 7.07. The van der Waals surface area contributed by atoms with Crippen LogP contribution in [0, 0.1) is 0 Å². The van der Waals surface area contributed by atoms with Crippen LogP contribution in [0.5, 0.6) is 0 Å². The fourth-order valence-electron chi connectivity index (χ4n) is 5.67. The molecule has 182 valence electrons. The van der Waals surface area contributed by atoms with Crippen molar-refractivity contribution in [1.29, 1.82) is 0 Å². The van der Waals surface area contributed by atoms with E-state index >= 15 is 0 Å². The number of anilines is 1. The lowest BCUT2D eigenvalue weighted by molar-refractivity contribution is 0.0294. The molecule has 0 radical (unpaired) electrons. The third-order valence-corrected chi connectivity index (χ3v) is 7.61. The predicted octanol–water partition coefficient (Wildman–Crippen LogP) is 4.80. The SMILES string of the molecule is CN(C)CCOC1CCN(c2ccc3c(c2)[C@@H]2C[C@H]3CCN2C(=O)OCc2ccccc2)CC1. The Balaban J connectivity index is 1.21. The normalized spacial score (nSPS) is 22.2. The summed E-state index contributed by atoms with van der Waals surface area (Å²) in [5.41, 5.74) is 5.04. The van der Waals surface area contributed by atoms with E-state index in [9.17, 15) is 4.79 Å². The number of likely N-dealkylation sites (tertiary alicyclic amines) is 1. The largest absolute Gasteiger partial charge is 0.445 e. The second-order valence-corrected chi connectivity index (χ2v) is 10.1. The Labute approximate surface area is 203 Å². The quantitative estimate of drug-likeness (QED) is 0.590. The molecule has 2 aromatic carbocycles. The summed E-state index contributed by atoms with van der Waals surface area (Å²) in [7, 11) is 4.16. The summed E-state index contributed by atoms with van der Waals surface area (Å²) in [5.74, 6) is 0.558. The number of hydrogen-bond donors (Lipinski definition) is 0. The highest BCUT2D eigenvalue weighted by atomic mass is 16.6. The van der Waals surface area contributed by atoms with Gasteiger partial charge in [0.1, 0.15) is 6.61 Å². The van der Waals surface area contributed by atoms with Gasteiger partial charge in [0.25, 0.3) is 0 Å². The molecule has 34 heavy (non-hydrogen) atoms. The van der Waals surface area contributed by atoms with Gasteiger partial charge in [0.2, 0.25) is 0 Å². The van der Waals surface area contributed by atoms with Crippen molar-refractivity contribution in [2.45, 2.75) is 50.4 Å². The van der Waals surface area contributed by atoms with Crippen LogP contribution in [-0.4, -0.2) is 68.9 Å². The zero-order valence-electron chi connectivity index (χ0n) is 20.5. The van der Waals surface area contributed by atoms with E-state index in [1.165, 1.54) is 16.8 Å². The highest BCUT2D eigenvalue weighted by Gasteiger charge is 2.41. The fraction of sp³-hybridized carbons (Fsp3) is 0.536. The van der Waals surface area contributed by atoms with Crippen LogP contribution in [0.3, 0.4) is 0 Å². The summed E-state index contributed by atoms with van der Waals surface area (Å²) in [6, 6.07) is 17.0. The average molecular weight is 464 g/mol. The first kappa shape index (κ1) is 23.2. The lowest BCUT2D eigenvalue weighted by Crippen LogP contribution is -2.38. The number of nitrogens with zero attached hydrogens (tertiary/aromatic N) is 3. The number of rotatable bonds is 7. The van der Waals surface area contributed by atoms with Gasteiger partial charge >= 0.3 is 6.09 Å². The predicted molar refractivity (Wildman–Crippen MR) is 134 cm³/mol. The molecule has 0 saturated carbocycles. The smallest absolute Gasteiger partial charge is 0.410 e. The van der Waals surface area contributed by atoms with Gasteiger partial charge in [-0.15, -0.1) is 0 Å². The highest BCUT2D eigenvalue weighted by Crippen LogP contribution is 2.50. The number of carbonyl (C=O) groups is 1. The molecule has 0 unspecified atom stereocenters. The Morgan fingerprint density at radius 1 is 1.00 bits per heavy atom. The van der Waals surface area contributed by atoms with Gasteiger partial charge in [-0.05, 0) is 74.5 Å². The first-order valence-electron chi connectivity index (χ1n) is 12.7. The summed E-state index contributed by atoms with van der Waals surface area (Å²) >= 11 is 0. The van der Waals surface area contributed by atoms with Crippen molar-refractivity contribution in [1.82, 2.24) is 9.80 Å². The van der Waals surface area contributed by atoms with Crippen molar-refractivity contribution in [3.05, 3.63) is 65.2 Å². The van der Waals surface area contributed by atoms with Gasteiger partial charge in [-0.2, -0.15) is 0 Å². The Morgan fingerprint density at radius 3 is 2.56 bits per heavy atom. The van der Waals surface area contributed by atoms with Crippen molar-refractivity contribution in [3.8, 4) is 0 Å². The number of carbonyl (C=O) groups excluding carboxylic acids is 1. The zero-order valence-corrected chi connectivity index (χ0v) is 20.5. The third kappa shape index (κ3) is 5.08. The molecule has 0 spiro atoms. The maximum Gasteiger partial charge on any atom is 0.410 e. The van der Waals surface area contributed by atoms with E-state index in [0.717, 1.165) is 64.0 Å². The van der Waals surface area contributed by atoms with Crippen LogP contribution in [-0.2, 0) is 16.1 Å². The standard InChI is InChI=1S/C28H37N3O3/c1-29(2)16-17-33-24-11-13-30(14-12-24)23-8-9-25-22-10-15-31(27(18-22)26(25)19-23)28(32)34-20-21-6-4-3-5-7-21/h3-9,19,22,24,27H,10-18,20H2,1-2H3/t22-,27+/m1/s1. The van der Waals surface area contributed by atoms with Crippen molar-refractivity contribution >= 4 is 11.8 Å². The van der Waals surface area contributed by atoms with Crippen LogP contribution < -0.4 is 4.90 Å². The van der Waals surface area contributed by atoms with E-state index in [1.54, 1.807) is 0 Å². The van der Waals surface area contributed by atoms with Gasteiger partial charge in [0.15, 0.2) is 0 Å². The molecule has 2 atom stereocenters.